The number of ether oxygens (including phenoxy) is 2. The van der Waals surface area contributed by atoms with Crippen molar-refractivity contribution in [3.05, 3.63) is 85.1 Å². The molecule has 0 aliphatic carbocycles. The predicted octanol–water partition coefficient (Wildman–Crippen LogP) is 12.0. The van der Waals surface area contributed by atoms with Gasteiger partial charge in [-0.1, -0.05) is 150 Å². The fourth-order valence-corrected chi connectivity index (χ4v) is 5.90. The first-order valence-corrected chi connectivity index (χ1v) is 22.6. The minimum Gasteiger partial charge on any atom is -0.462 e. The van der Waals surface area contributed by atoms with Gasteiger partial charge >= 0.3 is 19.8 Å². The monoisotopic (exact) mass is 790 g/mol. The van der Waals surface area contributed by atoms with E-state index in [-0.39, 0.29) is 32.6 Å². The molecule has 0 amide bonds. The van der Waals surface area contributed by atoms with Gasteiger partial charge in [-0.25, -0.2) is 4.57 Å². The Morgan fingerprint density at radius 2 is 1.04 bits per heavy atom. The topological polar surface area (TPSA) is 134 Å². The summed E-state index contributed by atoms with van der Waals surface area (Å²) in [6, 6.07) is 0. The van der Waals surface area contributed by atoms with Gasteiger partial charge in [0.25, 0.3) is 0 Å². The molecule has 0 radical (unpaired) electrons. The second-order valence-electron chi connectivity index (χ2n) is 13.5. The second kappa shape index (κ2) is 40.8. The Kier molecular flexibility index (Phi) is 38.8. The molecular weight excluding hydrogens is 713 g/mol. The Labute approximate surface area is 334 Å². The molecule has 0 spiro atoms. The van der Waals surface area contributed by atoms with E-state index in [2.05, 4.69) is 86.8 Å². The fraction of sp³-hybridized carbons (Fsp3) is 0.644. The zero-order chi connectivity index (χ0) is 40.3. The highest BCUT2D eigenvalue weighted by Gasteiger charge is 2.25. The largest absolute Gasteiger partial charge is 0.472 e. The number of allylic oxidation sites excluding steroid dienone is 14. The number of phosphoric acid groups is 1. The fourth-order valence-electron chi connectivity index (χ4n) is 5.14. The van der Waals surface area contributed by atoms with Crippen LogP contribution >= 0.6 is 7.82 Å². The van der Waals surface area contributed by atoms with Crippen LogP contribution in [0.2, 0.25) is 0 Å². The van der Waals surface area contributed by atoms with Crippen molar-refractivity contribution in [2.45, 2.75) is 161 Å². The summed E-state index contributed by atoms with van der Waals surface area (Å²) in [6.07, 6.45) is 50.5. The first-order valence-electron chi connectivity index (χ1n) is 21.1. The van der Waals surface area contributed by atoms with Gasteiger partial charge in [-0.2, -0.15) is 0 Å². The molecule has 0 fully saturated rings. The van der Waals surface area contributed by atoms with Crippen LogP contribution in [0.25, 0.3) is 0 Å². The highest BCUT2D eigenvalue weighted by Crippen LogP contribution is 2.43. The van der Waals surface area contributed by atoms with E-state index in [1.807, 2.05) is 12.2 Å². The third-order valence-electron chi connectivity index (χ3n) is 8.29. The number of hydrogen-bond acceptors (Lipinski definition) is 8. The summed E-state index contributed by atoms with van der Waals surface area (Å²) in [7, 11) is -4.40. The Hall–Kier alpha value is -2.81. The van der Waals surface area contributed by atoms with Gasteiger partial charge in [0, 0.05) is 19.4 Å². The van der Waals surface area contributed by atoms with Gasteiger partial charge in [-0.15, -0.1) is 0 Å². The van der Waals surface area contributed by atoms with Crippen molar-refractivity contribution in [3.63, 3.8) is 0 Å². The number of carbonyl (C=O) groups is 2. The van der Waals surface area contributed by atoms with Crippen LogP contribution in [0.4, 0.5) is 0 Å². The van der Waals surface area contributed by atoms with E-state index in [0.29, 0.717) is 12.8 Å². The van der Waals surface area contributed by atoms with Gasteiger partial charge < -0.3 is 20.1 Å². The van der Waals surface area contributed by atoms with Gasteiger partial charge in [0.1, 0.15) is 6.61 Å². The summed E-state index contributed by atoms with van der Waals surface area (Å²) >= 11 is 0. The van der Waals surface area contributed by atoms with E-state index in [0.717, 1.165) is 64.2 Å². The Morgan fingerprint density at radius 3 is 1.62 bits per heavy atom. The van der Waals surface area contributed by atoms with Gasteiger partial charge in [0.15, 0.2) is 6.10 Å². The molecule has 314 valence electrons. The molecule has 0 aromatic carbocycles. The van der Waals surface area contributed by atoms with Crippen LogP contribution in [0.5, 0.6) is 0 Å². The van der Waals surface area contributed by atoms with E-state index in [4.69, 9.17) is 24.3 Å². The number of carbonyl (C=O) groups excluding carboxylic acids is 2. The van der Waals surface area contributed by atoms with Gasteiger partial charge in [-0.3, -0.25) is 18.6 Å². The maximum atomic E-state index is 12.5. The average Bonchev–Trinajstić information content (AvgIpc) is 3.17. The molecule has 0 aromatic heterocycles. The molecule has 0 aromatic rings. The molecule has 10 heteroatoms. The summed E-state index contributed by atoms with van der Waals surface area (Å²) < 4.78 is 32.6. The van der Waals surface area contributed by atoms with E-state index < -0.39 is 32.5 Å². The Morgan fingerprint density at radius 1 is 0.564 bits per heavy atom. The zero-order valence-corrected chi connectivity index (χ0v) is 35.3. The van der Waals surface area contributed by atoms with Gasteiger partial charge in [0.05, 0.1) is 13.2 Å². The SMILES string of the molecule is CCCCC/C=C/C/C=C/C/C=C/C/C=C/C/C=C/CCC(=O)O[C@H](COC(=O)CCCCCCC/C=C/C=C/CCCCCC)COP(=O)(O)OCCN. The first-order chi connectivity index (χ1) is 26.8. The summed E-state index contributed by atoms with van der Waals surface area (Å²) in [4.78, 5) is 34.8. The molecule has 0 saturated carbocycles. The molecule has 0 aliphatic rings. The van der Waals surface area contributed by atoms with Crippen LogP contribution in [-0.2, 0) is 32.7 Å². The maximum Gasteiger partial charge on any atom is 0.472 e. The van der Waals surface area contributed by atoms with Crippen LogP contribution in [0.15, 0.2) is 85.1 Å². The first kappa shape index (κ1) is 52.2. The van der Waals surface area contributed by atoms with Crippen molar-refractivity contribution in [2.24, 2.45) is 5.73 Å². The molecule has 3 N–H and O–H groups in total. The molecule has 0 rings (SSSR count). The molecule has 55 heavy (non-hydrogen) atoms. The second-order valence-corrected chi connectivity index (χ2v) is 15.0. The molecular formula is C45H76NO8P. The molecule has 2 atom stereocenters. The van der Waals surface area contributed by atoms with Crippen molar-refractivity contribution >= 4 is 19.8 Å². The minimum absolute atomic E-state index is 0.0355. The number of unbranched alkanes of at least 4 members (excludes halogenated alkanes) is 12. The maximum absolute atomic E-state index is 12.5. The smallest absolute Gasteiger partial charge is 0.462 e. The number of rotatable bonds is 38. The standard InChI is InChI=1S/C45H76NO8P/c1-3-5-7-9-11-13-15-17-19-20-21-22-24-26-28-30-32-34-36-38-45(48)54-43(42-53-55(49,50)52-40-39-46)41-51-44(47)37-35-33-31-29-27-25-23-18-16-14-12-10-8-6-4-2/h11,13-14,16-19,21-23,26,28,32,34,43H,3-10,12,15,20,24-25,27,29-31,33,35-42,46H2,1-2H3,(H,49,50)/b13-11+,16-14+,19-17+,22-21+,23-18+,28-26+,34-32+/t43-/m1/s1. The Balaban J connectivity index is 4.36. The number of phosphoric ester groups is 1. The Bertz CT molecular complexity index is 1170. The van der Waals surface area contributed by atoms with Crippen LogP contribution in [0.1, 0.15) is 155 Å². The van der Waals surface area contributed by atoms with Crippen molar-refractivity contribution in [2.75, 3.05) is 26.4 Å². The number of nitrogens with two attached hydrogens (primary N) is 1. The quantitative estimate of drug-likeness (QED) is 0.0206. The van der Waals surface area contributed by atoms with Crippen LogP contribution < -0.4 is 5.73 Å². The van der Waals surface area contributed by atoms with Crippen LogP contribution in [0, 0.1) is 0 Å². The lowest BCUT2D eigenvalue weighted by atomic mass is 10.1. The highest BCUT2D eigenvalue weighted by atomic mass is 31.2. The van der Waals surface area contributed by atoms with Gasteiger partial charge in [-0.05, 0) is 77.0 Å². The van der Waals surface area contributed by atoms with Crippen LogP contribution in [0.3, 0.4) is 0 Å². The van der Waals surface area contributed by atoms with Crippen molar-refractivity contribution < 1.29 is 37.6 Å². The summed E-state index contributed by atoms with van der Waals surface area (Å²) in [5.41, 5.74) is 5.34. The highest BCUT2D eigenvalue weighted by molar-refractivity contribution is 7.47. The minimum atomic E-state index is -4.40. The average molecular weight is 790 g/mol. The third-order valence-corrected chi connectivity index (χ3v) is 9.28. The third kappa shape index (κ3) is 40.7. The van der Waals surface area contributed by atoms with E-state index in [1.165, 1.54) is 51.4 Å². The normalized spacial score (nSPS) is 14.2. The summed E-state index contributed by atoms with van der Waals surface area (Å²) in [6.45, 7) is 3.55. The van der Waals surface area contributed by atoms with E-state index in [1.54, 1.807) is 0 Å². The van der Waals surface area contributed by atoms with Gasteiger partial charge in [0.2, 0.25) is 0 Å². The number of hydrogen-bond donors (Lipinski definition) is 2. The van der Waals surface area contributed by atoms with E-state index >= 15 is 0 Å². The molecule has 9 nitrogen and oxygen atoms in total. The molecule has 0 bridgehead atoms. The van der Waals surface area contributed by atoms with Crippen molar-refractivity contribution in [1.82, 2.24) is 0 Å². The molecule has 0 aliphatic heterocycles. The lowest BCUT2D eigenvalue weighted by Crippen LogP contribution is -2.29. The molecule has 1 unspecified atom stereocenters. The molecule has 0 saturated heterocycles. The number of esters is 2. The zero-order valence-electron chi connectivity index (χ0n) is 34.4. The predicted molar refractivity (Wildman–Crippen MR) is 229 cm³/mol. The summed E-state index contributed by atoms with van der Waals surface area (Å²) in [5.74, 6) is -0.951. The molecule has 0 heterocycles. The van der Waals surface area contributed by atoms with E-state index in [9.17, 15) is 19.0 Å². The van der Waals surface area contributed by atoms with Crippen molar-refractivity contribution in [3.8, 4) is 0 Å². The van der Waals surface area contributed by atoms with Crippen LogP contribution in [-0.4, -0.2) is 49.3 Å². The lowest BCUT2D eigenvalue weighted by Gasteiger charge is -2.19. The van der Waals surface area contributed by atoms with Crippen molar-refractivity contribution in [1.29, 1.82) is 0 Å². The lowest BCUT2D eigenvalue weighted by molar-refractivity contribution is -0.161. The summed E-state index contributed by atoms with van der Waals surface area (Å²) in [5, 5.41) is 0.